The summed E-state index contributed by atoms with van der Waals surface area (Å²) >= 11 is 0. The number of aryl methyl sites for hydroxylation is 1. The molecule has 1 aliphatic carbocycles. The van der Waals surface area contributed by atoms with E-state index in [9.17, 15) is 26.4 Å². The molecule has 39 heavy (non-hydrogen) atoms. The van der Waals surface area contributed by atoms with E-state index in [1.165, 1.54) is 17.0 Å². The third kappa shape index (κ3) is 5.12. The lowest BCUT2D eigenvalue weighted by Gasteiger charge is -2.33. The van der Waals surface area contributed by atoms with E-state index in [-0.39, 0.29) is 30.1 Å². The number of hydrogen-bond acceptors (Lipinski definition) is 5. The first-order valence-electron chi connectivity index (χ1n) is 12.6. The summed E-state index contributed by atoms with van der Waals surface area (Å²) in [5.74, 6) is 1.08. The Morgan fingerprint density at radius 3 is 2.49 bits per heavy atom. The molecule has 5 rings (SSSR count). The molecule has 0 bridgehead atoms. The predicted molar refractivity (Wildman–Crippen MR) is 139 cm³/mol. The van der Waals surface area contributed by atoms with Crippen molar-refractivity contribution in [2.45, 2.75) is 44.8 Å². The first-order valence-corrected chi connectivity index (χ1v) is 14.5. The maximum atomic E-state index is 14.1. The Morgan fingerprint density at radius 1 is 1.18 bits per heavy atom. The lowest BCUT2D eigenvalue weighted by atomic mass is 9.72. The number of sulfonamides is 1. The summed E-state index contributed by atoms with van der Waals surface area (Å²) in [4.78, 5) is 13.5. The van der Waals surface area contributed by atoms with Crippen molar-refractivity contribution >= 4 is 15.5 Å². The number of pyridine rings is 1. The summed E-state index contributed by atoms with van der Waals surface area (Å²) in [5, 5.41) is 8.34. The Kier molecular flexibility index (Phi) is 6.91. The molecule has 9 nitrogen and oxygen atoms in total. The highest BCUT2D eigenvalue weighted by atomic mass is 32.2. The Morgan fingerprint density at radius 2 is 1.92 bits per heavy atom. The maximum absolute atomic E-state index is 14.1. The zero-order valence-electron chi connectivity index (χ0n) is 21.8. The molecule has 4 aromatic rings. The standard InChI is InChI=1S/C26H29F3N6O3S/c1-4-33(39(3,37)38)13-17-11-21(26(27,28)29)22-15-34(25(36)35(22)14-17)20-10-6-9-19(12-20)23(18-7-5-8-18)24-31-30-16-32(24)2/h6,9-12,14-16,18,23H,4-5,7-8,13H2,1-3H3/t23-/m1/s1. The molecule has 3 aromatic heterocycles. The number of rotatable bonds is 8. The highest BCUT2D eigenvalue weighted by Gasteiger charge is 2.35. The Labute approximate surface area is 223 Å². The Hall–Kier alpha value is -3.45. The van der Waals surface area contributed by atoms with Crippen LogP contribution in [-0.4, -0.2) is 49.3 Å². The van der Waals surface area contributed by atoms with E-state index in [2.05, 4.69) is 10.2 Å². The number of benzene rings is 1. The summed E-state index contributed by atoms with van der Waals surface area (Å²) in [5.41, 5.74) is -0.623. The monoisotopic (exact) mass is 562 g/mol. The number of fused-ring (bicyclic) bond motifs is 1. The van der Waals surface area contributed by atoms with E-state index >= 15 is 0 Å². The summed E-state index contributed by atoms with van der Waals surface area (Å²) < 4.78 is 71.5. The van der Waals surface area contributed by atoms with Crippen LogP contribution in [0, 0.1) is 5.92 Å². The van der Waals surface area contributed by atoms with Crippen molar-refractivity contribution in [2.75, 3.05) is 12.8 Å². The fourth-order valence-corrected chi connectivity index (χ4v) is 6.11. The van der Waals surface area contributed by atoms with Crippen LogP contribution in [0.4, 0.5) is 13.2 Å². The first-order chi connectivity index (χ1) is 18.4. The zero-order chi connectivity index (χ0) is 28.1. The van der Waals surface area contributed by atoms with E-state index in [1.54, 1.807) is 25.4 Å². The maximum Gasteiger partial charge on any atom is 0.418 e. The largest absolute Gasteiger partial charge is 0.418 e. The van der Waals surface area contributed by atoms with Gasteiger partial charge in [-0.15, -0.1) is 10.2 Å². The van der Waals surface area contributed by atoms with Crippen molar-refractivity contribution in [3.63, 3.8) is 0 Å². The van der Waals surface area contributed by atoms with Crippen LogP contribution in [0.3, 0.4) is 0 Å². The van der Waals surface area contributed by atoms with Gasteiger partial charge in [0, 0.05) is 38.4 Å². The number of nitrogens with zero attached hydrogens (tertiary/aromatic N) is 6. The fraction of sp³-hybridized carbons (Fsp3) is 0.423. The molecular weight excluding hydrogens is 533 g/mol. The lowest BCUT2D eigenvalue weighted by molar-refractivity contribution is -0.136. The van der Waals surface area contributed by atoms with Crippen molar-refractivity contribution in [3.8, 4) is 5.69 Å². The van der Waals surface area contributed by atoms with Gasteiger partial charge in [-0.25, -0.2) is 13.2 Å². The van der Waals surface area contributed by atoms with Gasteiger partial charge in [0.25, 0.3) is 0 Å². The van der Waals surface area contributed by atoms with Crippen LogP contribution in [-0.2, 0) is 29.8 Å². The van der Waals surface area contributed by atoms with Crippen molar-refractivity contribution in [3.05, 3.63) is 82.1 Å². The van der Waals surface area contributed by atoms with Crippen LogP contribution in [0.2, 0.25) is 0 Å². The van der Waals surface area contributed by atoms with Crippen molar-refractivity contribution in [2.24, 2.45) is 13.0 Å². The van der Waals surface area contributed by atoms with Gasteiger partial charge < -0.3 is 4.57 Å². The minimum atomic E-state index is -4.76. The molecule has 0 unspecified atom stereocenters. The molecule has 1 aliphatic rings. The molecule has 0 radical (unpaired) electrons. The molecule has 0 saturated heterocycles. The zero-order valence-corrected chi connectivity index (χ0v) is 22.6. The Bertz CT molecular complexity index is 1680. The van der Waals surface area contributed by atoms with Crippen molar-refractivity contribution < 1.29 is 21.6 Å². The van der Waals surface area contributed by atoms with Gasteiger partial charge in [-0.1, -0.05) is 25.5 Å². The second kappa shape index (κ2) is 9.94. The van der Waals surface area contributed by atoms with Crippen molar-refractivity contribution in [1.29, 1.82) is 0 Å². The molecule has 0 spiro atoms. The van der Waals surface area contributed by atoms with Crippen LogP contribution >= 0.6 is 0 Å². The van der Waals surface area contributed by atoms with Gasteiger partial charge in [-0.3, -0.25) is 8.97 Å². The SMILES string of the molecule is CCN(Cc1cc(C(F)(F)F)c2cn(-c3cccc([C@H](c4nncn4C)C4CCC4)c3)c(=O)n2c1)S(C)(=O)=O. The third-order valence-electron chi connectivity index (χ3n) is 7.46. The fourth-order valence-electron chi connectivity index (χ4n) is 5.26. The molecule has 0 amide bonds. The average molecular weight is 563 g/mol. The molecular formula is C26H29F3N6O3S. The van der Waals surface area contributed by atoms with Gasteiger partial charge in [-0.05, 0) is 48.1 Å². The van der Waals surface area contributed by atoms with E-state index < -0.39 is 27.5 Å². The average Bonchev–Trinajstić information content (AvgIpc) is 3.40. The van der Waals surface area contributed by atoms with Crippen LogP contribution in [0.5, 0.6) is 0 Å². The van der Waals surface area contributed by atoms with E-state index in [4.69, 9.17) is 0 Å². The predicted octanol–water partition coefficient (Wildman–Crippen LogP) is 3.95. The van der Waals surface area contributed by atoms with Gasteiger partial charge in [0.05, 0.1) is 23.0 Å². The topological polar surface area (TPSA) is 94.5 Å². The van der Waals surface area contributed by atoms with Gasteiger partial charge in [-0.2, -0.15) is 17.5 Å². The van der Waals surface area contributed by atoms with Gasteiger partial charge in [0.15, 0.2) is 0 Å². The number of alkyl halides is 3. The van der Waals surface area contributed by atoms with Crippen molar-refractivity contribution in [1.82, 2.24) is 28.0 Å². The first kappa shape index (κ1) is 27.1. The van der Waals surface area contributed by atoms with Gasteiger partial charge in [0.2, 0.25) is 10.0 Å². The molecule has 1 aromatic carbocycles. The summed E-state index contributed by atoms with van der Waals surface area (Å²) in [6, 6.07) is 8.11. The number of halogens is 3. The van der Waals surface area contributed by atoms with E-state index in [0.29, 0.717) is 11.6 Å². The molecule has 0 N–H and O–H groups in total. The second-order valence-electron chi connectivity index (χ2n) is 10.0. The quantitative estimate of drug-likeness (QED) is 0.324. The number of imidazole rings is 1. The molecule has 13 heteroatoms. The molecule has 3 heterocycles. The minimum absolute atomic E-state index is 0.0584. The van der Waals surface area contributed by atoms with Gasteiger partial charge in [0.1, 0.15) is 12.2 Å². The lowest BCUT2D eigenvalue weighted by Crippen LogP contribution is -2.29. The summed E-state index contributed by atoms with van der Waals surface area (Å²) in [6.45, 7) is 1.38. The summed E-state index contributed by atoms with van der Waals surface area (Å²) in [7, 11) is -1.78. The molecule has 0 aliphatic heterocycles. The van der Waals surface area contributed by atoms with Gasteiger partial charge >= 0.3 is 11.9 Å². The number of aromatic nitrogens is 5. The number of hydrogen-bond donors (Lipinski definition) is 0. The molecule has 1 fully saturated rings. The molecule has 1 saturated carbocycles. The van der Waals surface area contributed by atoms with E-state index in [1.807, 2.05) is 23.7 Å². The van der Waals surface area contributed by atoms with Crippen LogP contribution in [0.1, 0.15) is 54.6 Å². The van der Waals surface area contributed by atoms with E-state index in [0.717, 1.165) is 51.7 Å². The molecule has 1 atom stereocenters. The summed E-state index contributed by atoms with van der Waals surface area (Å²) in [6.07, 6.45) is 3.49. The Balaban J connectivity index is 1.63. The molecule has 208 valence electrons. The smallest absolute Gasteiger partial charge is 0.320 e. The van der Waals surface area contributed by atoms with Crippen LogP contribution < -0.4 is 5.69 Å². The highest BCUT2D eigenvalue weighted by molar-refractivity contribution is 7.88. The highest BCUT2D eigenvalue weighted by Crippen LogP contribution is 2.43. The minimum Gasteiger partial charge on any atom is -0.320 e. The second-order valence-corrected chi connectivity index (χ2v) is 12.0. The van der Waals surface area contributed by atoms with Crippen LogP contribution in [0.15, 0.2) is 53.8 Å². The normalized spacial score (nSPS) is 15.7. The van der Waals surface area contributed by atoms with Crippen LogP contribution in [0.25, 0.3) is 11.2 Å². The third-order valence-corrected chi connectivity index (χ3v) is 8.79.